The van der Waals surface area contributed by atoms with E-state index in [0.717, 1.165) is 45.3 Å². The first-order chi connectivity index (χ1) is 9.75. The van der Waals surface area contributed by atoms with Gasteiger partial charge in [-0.3, -0.25) is 14.6 Å². The molecule has 0 aromatic heterocycles. The lowest BCUT2D eigenvalue weighted by Gasteiger charge is -2.41. The summed E-state index contributed by atoms with van der Waals surface area (Å²) < 4.78 is 0. The molecule has 0 aromatic rings. The van der Waals surface area contributed by atoms with Gasteiger partial charge >= 0.3 is 5.97 Å². The maximum absolute atomic E-state index is 11.3. The molecule has 0 radical (unpaired) electrons. The Bertz CT molecular complexity index is 375. The lowest BCUT2D eigenvalue weighted by Crippen LogP contribution is -2.50. The van der Waals surface area contributed by atoms with Crippen molar-refractivity contribution >= 4 is 5.97 Å². The van der Waals surface area contributed by atoms with Gasteiger partial charge in [-0.1, -0.05) is 12.2 Å². The molecule has 2 heterocycles. The van der Waals surface area contributed by atoms with Gasteiger partial charge in [0.05, 0.1) is 0 Å². The molecule has 4 nitrogen and oxygen atoms in total. The van der Waals surface area contributed by atoms with Crippen molar-refractivity contribution in [2.24, 2.45) is 0 Å². The quantitative estimate of drug-likeness (QED) is 0.803. The van der Waals surface area contributed by atoms with Crippen LogP contribution >= 0.6 is 0 Å². The Hall–Kier alpha value is -0.870. The van der Waals surface area contributed by atoms with Crippen LogP contribution in [0.3, 0.4) is 0 Å². The second-order valence-corrected chi connectivity index (χ2v) is 6.43. The maximum Gasteiger partial charge on any atom is 0.320 e. The van der Waals surface area contributed by atoms with Gasteiger partial charge in [-0.2, -0.15) is 0 Å². The minimum absolute atomic E-state index is 0.221. The summed E-state index contributed by atoms with van der Waals surface area (Å²) in [6.07, 6.45) is 12.7. The highest BCUT2D eigenvalue weighted by atomic mass is 16.4. The highest BCUT2D eigenvalue weighted by Gasteiger charge is 2.37. The Balaban J connectivity index is 1.54. The average molecular weight is 278 g/mol. The lowest BCUT2D eigenvalue weighted by molar-refractivity contribution is -0.143. The summed E-state index contributed by atoms with van der Waals surface area (Å²) in [5.74, 6) is -0.625. The number of piperidine rings is 1. The number of nitrogens with zero attached hydrogens (tertiary/aromatic N) is 2. The number of allylic oxidation sites excluding steroid dienone is 1. The smallest absolute Gasteiger partial charge is 0.320 e. The molecule has 3 aliphatic rings. The van der Waals surface area contributed by atoms with Crippen LogP contribution in [0.15, 0.2) is 12.2 Å². The number of carbonyl (C=O) groups is 1. The highest BCUT2D eigenvalue weighted by Crippen LogP contribution is 2.28. The van der Waals surface area contributed by atoms with Crippen LogP contribution in [0, 0.1) is 0 Å². The molecule has 0 saturated carbocycles. The van der Waals surface area contributed by atoms with Crippen LogP contribution in [0.5, 0.6) is 0 Å². The Morgan fingerprint density at radius 1 is 1.05 bits per heavy atom. The van der Waals surface area contributed by atoms with E-state index in [1.165, 1.54) is 19.3 Å². The molecule has 0 spiro atoms. The first-order valence-electron chi connectivity index (χ1n) is 8.15. The molecule has 0 aromatic carbocycles. The van der Waals surface area contributed by atoms with Crippen LogP contribution in [0.2, 0.25) is 0 Å². The minimum Gasteiger partial charge on any atom is -0.480 e. The molecule has 2 unspecified atom stereocenters. The van der Waals surface area contributed by atoms with Gasteiger partial charge in [0.2, 0.25) is 0 Å². The molecule has 2 saturated heterocycles. The van der Waals surface area contributed by atoms with Crippen molar-refractivity contribution in [2.75, 3.05) is 19.6 Å². The Morgan fingerprint density at radius 2 is 1.85 bits per heavy atom. The fraction of sp³-hybridized carbons (Fsp3) is 0.812. The molecule has 3 rings (SSSR count). The molecular weight excluding hydrogens is 252 g/mol. The van der Waals surface area contributed by atoms with E-state index in [-0.39, 0.29) is 6.04 Å². The maximum atomic E-state index is 11.3. The number of hydrogen-bond acceptors (Lipinski definition) is 3. The number of likely N-dealkylation sites (tertiary alicyclic amines) is 2. The van der Waals surface area contributed by atoms with Crippen molar-refractivity contribution in [1.82, 2.24) is 9.80 Å². The number of aliphatic carboxylic acids is 1. The molecule has 112 valence electrons. The third kappa shape index (κ3) is 2.91. The van der Waals surface area contributed by atoms with E-state index in [9.17, 15) is 9.90 Å². The third-order valence-electron chi connectivity index (χ3n) is 5.25. The summed E-state index contributed by atoms with van der Waals surface area (Å²) in [4.78, 5) is 16.2. The lowest BCUT2D eigenvalue weighted by atomic mass is 9.96. The molecule has 4 heteroatoms. The Labute approximate surface area is 121 Å². The molecule has 2 fully saturated rings. The first-order valence-corrected chi connectivity index (χ1v) is 8.15. The molecule has 2 aliphatic heterocycles. The second-order valence-electron chi connectivity index (χ2n) is 6.43. The van der Waals surface area contributed by atoms with E-state index in [1.54, 1.807) is 0 Å². The molecule has 0 bridgehead atoms. The van der Waals surface area contributed by atoms with Crippen LogP contribution in [-0.2, 0) is 4.79 Å². The Morgan fingerprint density at radius 3 is 2.50 bits per heavy atom. The summed E-state index contributed by atoms with van der Waals surface area (Å²) in [6.45, 7) is 3.23. The van der Waals surface area contributed by atoms with E-state index in [1.807, 2.05) is 0 Å². The molecule has 1 aliphatic carbocycles. The van der Waals surface area contributed by atoms with Crippen molar-refractivity contribution in [3.8, 4) is 0 Å². The fourth-order valence-corrected chi connectivity index (χ4v) is 4.14. The van der Waals surface area contributed by atoms with Crippen LogP contribution in [0.1, 0.15) is 44.9 Å². The number of carboxylic acids is 1. The van der Waals surface area contributed by atoms with Gasteiger partial charge in [0.15, 0.2) is 0 Å². The predicted octanol–water partition coefficient (Wildman–Crippen LogP) is 2.11. The van der Waals surface area contributed by atoms with E-state index in [4.69, 9.17) is 0 Å². The Kier molecular flexibility index (Phi) is 4.41. The van der Waals surface area contributed by atoms with E-state index in [0.29, 0.717) is 12.1 Å². The van der Waals surface area contributed by atoms with E-state index >= 15 is 0 Å². The average Bonchev–Trinajstić information content (AvgIpc) is 2.98. The van der Waals surface area contributed by atoms with Crippen molar-refractivity contribution in [3.63, 3.8) is 0 Å². The molecule has 2 atom stereocenters. The van der Waals surface area contributed by atoms with Crippen molar-refractivity contribution < 1.29 is 9.90 Å². The summed E-state index contributed by atoms with van der Waals surface area (Å²) in [5.41, 5.74) is 0. The molecule has 1 N–H and O–H groups in total. The third-order valence-corrected chi connectivity index (χ3v) is 5.25. The van der Waals surface area contributed by atoms with E-state index in [2.05, 4.69) is 22.0 Å². The topological polar surface area (TPSA) is 43.8 Å². The van der Waals surface area contributed by atoms with Crippen LogP contribution < -0.4 is 0 Å². The van der Waals surface area contributed by atoms with Gasteiger partial charge in [0.1, 0.15) is 6.04 Å². The normalized spacial score (nSPS) is 33.6. The monoisotopic (exact) mass is 278 g/mol. The molecular formula is C16H26N2O2. The van der Waals surface area contributed by atoms with Crippen LogP contribution in [0.4, 0.5) is 0 Å². The molecule has 0 amide bonds. The zero-order chi connectivity index (χ0) is 13.9. The van der Waals surface area contributed by atoms with E-state index < -0.39 is 5.97 Å². The number of rotatable bonds is 3. The van der Waals surface area contributed by atoms with Gasteiger partial charge in [0.25, 0.3) is 0 Å². The summed E-state index contributed by atoms with van der Waals surface area (Å²) in [6, 6.07) is 0.905. The van der Waals surface area contributed by atoms with Crippen molar-refractivity contribution in [3.05, 3.63) is 12.2 Å². The number of carboxylic acid groups (broad SMARTS) is 1. The zero-order valence-electron chi connectivity index (χ0n) is 12.2. The standard InChI is InChI=1S/C16H26N2O2/c19-16(20)15-7-4-10-18(15)14-8-11-17(12-9-14)13-5-2-1-3-6-13/h2,5,13-15H,1,3-4,6-12H2,(H,19,20). The summed E-state index contributed by atoms with van der Waals surface area (Å²) >= 11 is 0. The summed E-state index contributed by atoms with van der Waals surface area (Å²) in [5, 5.41) is 9.31. The number of hydrogen-bond donors (Lipinski definition) is 1. The van der Waals surface area contributed by atoms with Crippen molar-refractivity contribution in [1.29, 1.82) is 0 Å². The van der Waals surface area contributed by atoms with Gasteiger partial charge in [-0.25, -0.2) is 0 Å². The van der Waals surface area contributed by atoms with Gasteiger partial charge in [-0.15, -0.1) is 0 Å². The molecule has 20 heavy (non-hydrogen) atoms. The van der Waals surface area contributed by atoms with Crippen LogP contribution in [-0.4, -0.2) is 58.6 Å². The zero-order valence-corrected chi connectivity index (χ0v) is 12.2. The first kappa shape index (κ1) is 14.1. The van der Waals surface area contributed by atoms with Gasteiger partial charge in [-0.05, 0) is 51.5 Å². The fourth-order valence-electron chi connectivity index (χ4n) is 4.14. The SMILES string of the molecule is O=C(O)C1CCCN1C1CCN(C2C=CCCC2)CC1. The second kappa shape index (κ2) is 6.27. The van der Waals surface area contributed by atoms with Crippen molar-refractivity contribution in [2.45, 2.75) is 63.1 Å². The van der Waals surface area contributed by atoms with Gasteiger partial charge in [0, 0.05) is 25.2 Å². The highest BCUT2D eigenvalue weighted by molar-refractivity contribution is 5.73. The van der Waals surface area contributed by atoms with Crippen LogP contribution in [0.25, 0.3) is 0 Å². The summed E-state index contributed by atoms with van der Waals surface area (Å²) in [7, 11) is 0. The van der Waals surface area contributed by atoms with Gasteiger partial charge < -0.3 is 5.11 Å². The largest absolute Gasteiger partial charge is 0.480 e. The minimum atomic E-state index is -0.625. The predicted molar refractivity (Wildman–Crippen MR) is 78.7 cm³/mol.